The van der Waals surface area contributed by atoms with Crippen molar-refractivity contribution in [3.63, 3.8) is 0 Å². The van der Waals surface area contributed by atoms with Crippen LogP contribution >= 0.6 is 0 Å². The summed E-state index contributed by atoms with van der Waals surface area (Å²) in [5.41, 5.74) is 2.59. The first-order valence-corrected chi connectivity index (χ1v) is 10.5. The maximum atomic E-state index is 12.6. The fourth-order valence-corrected chi connectivity index (χ4v) is 4.78. The molecule has 140 valence electrons. The molecular weight excluding hydrogens is 352 g/mol. The van der Waals surface area contributed by atoms with Gasteiger partial charge in [0.25, 0.3) is 0 Å². The molecule has 1 saturated heterocycles. The maximum absolute atomic E-state index is 12.6. The van der Waals surface area contributed by atoms with Crippen molar-refractivity contribution in [2.24, 2.45) is 5.92 Å². The van der Waals surface area contributed by atoms with Crippen molar-refractivity contribution in [2.45, 2.75) is 26.2 Å². The van der Waals surface area contributed by atoms with Gasteiger partial charge in [-0.1, -0.05) is 19.1 Å². The quantitative estimate of drug-likeness (QED) is 0.810. The summed E-state index contributed by atoms with van der Waals surface area (Å²) in [4.78, 5) is 12.6. The lowest BCUT2D eigenvalue weighted by Gasteiger charge is -2.31. The summed E-state index contributed by atoms with van der Waals surface area (Å²) in [6.07, 6.45) is 3.68. The van der Waals surface area contributed by atoms with E-state index in [1.165, 1.54) is 4.31 Å². The second kappa shape index (κ2) is 8.01. The van der Waals surface area contributed by atoms with Crippen LogP contribution in [0.15, 0.2) is 36.5 Å². The van der Waals surface area contributed by atoms with Gasteiger partial charge in [0, 0.05) is 25.0 Å². The van der Waals surface area contributed by atoms with Crippen LogP contribution in [0.25, 0.3) is 11.3 Å². The highest BCUT2D eigenvalue weighted by atomic mass is 32.2. The van der Waals surface area contributed by atoms with Crippen LogP contribution in [0, 0.1) is 5.92 Å². The summed E-state index contributed by atoms with van der Waals surface area (Å²) in [5, 5.41) is 9.72. The Morgan fingerprint density at radius 2 is 2.08 bits per heavy atom. The lowest BCUT2D eigenvalue weighted by atomic mass is 9.98. The van der Waals surface area contributed by atoms with Crippen LogP contribution in [0.4, 0.5) is 5.69 Å². The Labute approximate surface area is 153 Å². The van der Waals surface area contributed by atoms with E-state index in [9.17, 15) is 13.2 Å². The van der Waals surface area contributed by atoms with E-state index in [0.29, 0.717) is 31.5 Å². The number of aromatic nitrogens is 2. The van der Waals surface area contributed by atoms with Gasteiger partial charge in [0.05, 0.1) is 17.4 Å². The summed E-state index contributed by atoms with van der Waals surface area (Å²) >= 11 is 0. The van der Waals surface area contributed by atoms with Gasteiger partial charge in [0.2, 0.25) is 15.9 Å². The van der Waals surface area contributed by atoms with Crippen molar-refractivity contribution < 1.29 is 13.2 Å². The summed E-state index contributed by atoms with van der Waals surface area (Å²) in [5.74, 6) is -0.311. The summed E-state index contributed by atoms with van der Waals surface area (Å²) in [6, 6.07) is 9.36. The van der Waals surface area contributed by atoms with Gasteiger partial charge in [-0.2, -0.15) is 5.10 Å². The minimum absolute atomic E-state index is 0.129. The third-order valence-electron chi connectivity index (χ3n) is 4.57. The molecular formula is C18H24N4O3S. The zero-order valence-corrected chi connectivity index (χ0v) is 15.6. The monoisotopic (exact) mass is 376 g/mol. The van der Waals surface area contributed by atoms with Crippen molar-refractivity contribution >= 4 is 21.6 Å². The molecule has 8 heteroatoms. The van der Waals surface area contributed by atoms with Crippen LogP contribution in [-0.2, 0) is 14.8 Å². The molecule has 0 spiro atoms. The molecule has 0 saturated carbocycles. The fourth-order valence-electron chi connectivity index (χ4n) is 3.19. The number of piperidine rings is 1. The highest BCUT2D eigenvalue weighted by molar-refractivity contribution is 7.89. The molecule has 0 aliphatic carbocycles. The SMILES string of the molecule is CCCS(=O)(=O)N1CCC[C@H](C(=O)Nc2ccc(-c3ccn[nH]3)cc2)C1. The second-order valence-electron chi connectivity index (χ2n) is 6.55. The van der Waals surface area contributed by atoms with Gasteiger partial charge in [-0.3, -0.25) is 9.89 Å². The molecule has 1 fully saturated rings. The van der Waals surface area contributed by atoms with Crippen molar-refractivity contribution in [3.8, 4) is 11.3 Å². The van der Waals surface area contributed by atoms with E-state index in [4.69, 9.17) is 0 Å². The minimum atomic E-state index is -3.26. The van der Waals surface area contributed by atoms with Gasteiger partial charge in [0.15, 0.2) is 0 Å². The van der Waals surface area contributed by atoms with Crippen molar-refractivity contribution in [1.82, 2.24) is 14.5 Å². The van der Waals surface area contributed by atoms with Gasteiger partial charge >= 0.3 is 0 Å². The Hall–Kier alpha value is -2.19. The molecule has 0 bridgehead atoms. The first-order valence-electron chi connectivity index (χ1n) is 8.88. The average Bonchev–Trinajstić information content (AvgIpc) is 3.17. The van der Waals surface area contributed by atoms with Crippen LogP contribution in [-0.4, -0.2) is 47.7 Å². The zero-order valence-electron chi connectivity index (χ0n) is 14.8. The fraction of sp³-hybridized carbons (Fsp3) is 0.444. The maximum Gasteiger partial charge on any atom is 0.228 e. The molecule has 1 aromatic carbocycles. The molecule has 1 aliphatic heterocycles. The predicted molar refractivity (Wildman–Crippen MR) is 101 cm³/mol. The normalized spacial score (nSPS) is 18.6. The van der Waals surface area contributed by atoms with Gasteiger partial charge in [0.1, 0.15) is 0 Å². The third kappa shape index (κ3) is 4.31. The summed E-state index contributed by atoms with van der Waals surface area (Å²) in [7, 11) is -3.26. The van der Waals surface area contributed by atoms with Crippen LogP contribution in [0.2, 0.25) is 0 Å². The molecule has 1 aromatic heterocycles. The number of hydrogen-bond acceptors (Lipinski definition) is 4. The van der Waals surface area contributed by atoms with Gasteiger partial charge in [-0.15, -0.1) is 0 Å². The van der Waals surface area contributed by atoms with Gasteiger partial charge in [-0.25, -0.2) is 12.7 Å². The molecule has 26 heavy (non-hydrogen) atoms. The molecule has 1 amide bonds. The van der Waals surface area contributed by atoms with E-state index in [1.54, 1.807) is 6.20 Å². The highest BCUT2D eigenvalue weighted by Gasteiger charge is 2.31. The van der Waals surface area contributed by atoms with Crippen molar-refractivity contribution in [3.05, 3.63) is 36.5 Å². The van der Waals surface area contributed by atoms with E-state index >= 15 is 0 Å². The zero-order chi connectivity index (χ0) is 18.6. The van der Waals surface area contributed by atoms with Crippen molar-refractivity contribution in [2.75, 3.05) is 24.2 Å². The first kappa shape index (κ1) is 18.6. The number of anilines is 1. The lowest BCUT2D eigenvalue weighted by Crippen LogP contribution is -2.44. The van der Waals surface area contributed by atoms with Crippen LogP contribution in [0.1, 0.15) is 26.2 Å². The Morgan fingerprint density at radius 1 is 1.31 bits per heavy atom. The lowest BCUT2D eigenvalue weighted by molar-refractivity contribution is -0.120. The second-order valence-corrected chi connectivity index (χ2v) is 8.64. The topological polar surface area (TPSA) is 95.2 Å². The molecule has 3 rings (SSSR count). The number of sulfonamides is 1. The number of H-pyrrole nitrogens is 1. The first-order chi connectivity index (χ1) is 12.5. The largest absolute Gasteiger partial charge is 0.326 e. The van der Waals surface area contributed by atoms with Crippen LogP contribution in [0.3, 0.4) is 0 Å². The third-order valence-corrected chi connectivity index (χ3v) is 6.62. The van der Waals surface area contributed by atoms with Crippen LogP contribution in [0.5, 0.6) is 0 Å². The highest BCUT2D eigenvalue weighted by Crippen LogP contribution is 2.23. The number of amides is 1. The summed E-state index contributed by atoms with van der Waals surface area (Å²) in [6.45, 7) is 2.62. The Bertz CT molecular complexity index is 832. The molecule has 0 radical (unpaired) electrons. The number of aromatic amines is 1. The molecule has 1 atom stereocenters. The molecule has 2 N–H and O–H groups in total. The average molecular weight is 376 g/mol. The Kier molecular flexibility index (Phi) is 5.73. The van der Waals surface area contributed by atoms with E-state index < -0.39 is 10.0 Å². The number of benzene rings is 1. The number of hydrogen-bond donors (Lipinski definition) is 2. The van der Waals surface area contributed by atoms with Gasteiger partial charge < -0.3 is 5.32 Å². The smallest absolute Gasteiger partial charge is 0.228 e. The summed E-state index contributed by atoms with van der Waals surface area (Å²) < 4.78 is 26.0. The number of nitrogens with zero attached hydrogens (tertiary/aromatic N) is 2. The molecule has 0 unspecified atom stereocenters. The van der Waals surface area contributed by atoms with E-state index in [1.807, 2.05) is 37.3 Å². The van der Waals surface area contributed by atoms with E-state index in [-0.39, 0.29) is 24.1 Å². The number of rotatable bonds is 6. The number of carbonyl (C=O) groups excluding carboxylic acids is 1. The Balaban J connectivity index is 1.62. The van der Waals surface area contributed by atoms with E-state index in [2.05, 4.69) is 15.5 Å². The standard InChI is InChI=1S/C18H24N4O3S/c1-2-12-26(24,25)22-11-3-4-15(13-22)18(23)20-16-7-5-14(6-8-16)17-9-10-19-21-17/h5-10,15H,2-4,11-13H2,1H3,(H,19,21)(H,20,23)/t15-/m0/s1. The molecule has 2 aromatic rings. The van der Waals surface area contributed by atoms with Gasteiger partial charge in [-0.05, 0) is 43.0 Å². The number of carbonyl (C=O) groups is 1. The molecule has 7 nitrogen and oxygen atoms in total. The molecule has 2 heterocycles. The van der Waals surface area contributed by atoms with E-state index in [0.717, 1.165) is 11.3 Å². The minimum Gasteiger partial charge on any atom is -0.326 e. The molecule has 1 aliphatic rings. The van der Waals surface area contributed by atoms with Crippen LogP contribution < -0.4 is 5.32 Å². The number of nitrogens with one attached hydrogen (secondary N) is 2. The predicted octanol–water partition coefficient (Wildman–Crippen LogP) is 2.47. The Morgan fingerprint density at radius 3 is 2.73 bits per heavy atom. The van der Waals surface area contributed by atoms with Crippen molar-refractivity contribution in [1.29, 1.82) is 0 Å².